The predicted molar refractivity (Wildman–Crippen MR) is 80.3 cm³/mol. The molecule has 118 valence electrons. The Labute approximate surface area is 125 Å². The van der Waals surface area contributed by atoms with E-state index in [0.717, 1.165) is 5.69 Å². The molecule has 1 amide bonds. The lowest BCUT2D eigenvalue weighted by Crippen LogP contribution is -2.40. The van der Waals surface area contributed by atoms with Gasteiger partial charge in [0, 0.05) is 12.6 Å². The SMILES string of the molecule is CCn1nc(C(C)C)cc1C(=O)NC(CC(=O)O)C(C)C. The third-order valence-corrected chi connectivity index (χ3v) is 3.44. The molecule has 1 heterocycles. The van der Waals surface area contributed by atoms with Crippen LogP contribution in [0.25, 0.3) is 0 Å². The van der Waals surface area contributed by atoms with Crippen molar-refractivity contribution in [2.45, 2.75) is 59.5 Å². The van der Waals surface area contributed by atoms with Gasteiger partial charge >= 0.3 is 5.97 Å². The summed E-state index contributed by atoms with van der Waals surface area (Å²) in [6.07, 6.45) is -0.0826. The van der Waals surface area contributed by atoms with Gasteiger partial charge in [0.1, 0.15) is 5.69 Å². The van der Waals surface area contributed by atoms with Gasteiger partial charge in [-0.05, 0) is 24.8 Å². The van der Waals surface area contributed by atoms with Crippen molar-refractivity contribution in [3.8, 4) is 0 Å². The monoisotopic (exact) mass is 295 g/mol. The molecule has 0 bridgehead atoms. The molecule has 6 nitrogen and oxygen atoms in total. The van der Waals surface area contributed by atoms with Crippen LogP contribution in [0.1, 0.15) is 63.1 Å². The van der Waals surface area contributed by atoms with Crippen molar-refractivity contribution in [2.24, 2.45) is 5.92 Å². The molecule has 0 fully saturated rings. The Hall–Kier alpha value is -1.85. The van der Waals surface area contributed by atoms with Crippen molar-refractivity contribution in [1.29, 1.82) is 0 Å². The first-order chi connectivity index (χ1) is 9.76. The number of carbonyl (C=O) groups is 2. The first kappa shape index (κ1) is 17.2. The summed E-state index contributed by atoms with van der Waals surface area (Å²) >= 11 is 0. The largest absolute Gasteiger partial charge is 0.481 e. The van der Waals surface area contributed by atoms with Crippen LogP contribution < -0.4 is 5.32 Å². The number of aliphatic carboxylic acids is 1. The lowest BCUT2D eigenvalue weighted by atomic mass is 10.0. The van der Waals surface area contributed by atoms with E-state index >= 15 is 0 Å². The molecular formula is C15H25N3O3. The Bertz CT molecular complexity index is 506. The molecule has 2 N–H and O–H groups in total. The maximum absolute atomic E-state index is 12.4. The highest BCUT2D eigenvalue weighted by Gasteiger charge is 2.23. The second kappa shape index (κ2) is 7.24. The van der Waals surface area contributed by atoms with E-state index in [2.05, 4.69) is 10.4 Å². The average molecular weight is 295 g/mol. The summed E-state index contributed by atoms with van der Waals surface area (Å²) < 4.78 is 1.66. The van der Waals surface area contributed by atoms with Gasteiger partial charge < -0.3 is 10.4 Å². The van der Waals surface area contributed by atoms with Gasteiger partial charge in [0.05, 0.1) is 12.1 Å². The van der Waals surface area contributed by atoms with E-state index in [-0.39, 0.29) is 24.2 Å². The number of aryl methyl sites for hydroxylation is 1. The molecule has 1 atom stereocenters. The van der Waals surface area contributed by atoms with Gasteiger partial charge in [-0.1, -0.05) is 27.7 Å². The fourth-order valence-corrected chi connectivity index (χ4v) is 2.03. The number of carboxylic acids is 1. The van der Waals surface area contributed by atoms with Crippen LogP contribution in [0.3, 0.4) is 0 Å². The van der Waals surface area contributed by atoms with Crippen molar-refractivity contribution < 1.29 is 14.7 Å². The number of amides is 1. The Morgan fingerprint density at radius 3 is 2.38 bits per heavy atom. The molecule has 0 aliphatic heterocycles. The summed E-state index contributed by atoms with van der Waals surface area (Å²) in [6.45, 7) is 10.3. The van der Waals surface area contributed by atoms with Gasteiger partial charge in [0.2, 0.25) is 0 Å². The van der Waals surface area contributed by atoms with Gasteiger partial charge in [-0.3, -0.25) is 14.3 Å². The number of hydrogen-bond donors (Lipinski definition) is 2. The summed E-state index contributed by atoms with van der Waals surface area (Å²) in [4.78, 5) is 23.3. The van der Waals surface area contributed by atoms with Crippen molar-refractivity contribution in [3.05, 3.63) is 17.5 Å². The van der Waals surface area contributed by atoms with E-state index in [4.69, 9.17) is 5.11 Å². The molecule has 0 radical (unpaired) electrons. The van der Waals surface area contributed by atoms with Gasteiger partial charge in [0.15, 0.2) is 0 Å². The van der Waals surface area contributed by atoms with E-state index in [1.54, 1.807) is 10.7 Å². The average Bonchev–Trinajstić information content (AvgIpc) is 2.81. The molecule has 6 heteroatoms. The third kappa shape index (κ3) is 4.58. The summed E-state index contributed by atoms with van der Waals surface area (Å²) in [5.41, 5.74) is 1.35. The van der Waals surface area contributed by atoms with Crippen molar-refractivity contribution in [1.82, 2.24) is 15.1 Å². The van der Waals surface area contributed by atoms with Crippen molar-refractivity contribution >= 4 is 11.9 Å². The van der Waals surface area contributed by atoms with Crippen LogP contribution in [0.15, 0.2) is 6.07 Å². The number of carboxylic acid groups (broad SMARTS) is 1. The molecule has 21 heavy (non-hydrogen) atoms. The first-order valence-electron chi connectivity index (χ1n) is 7.36. The molecule has 0 saturated carbocycles. The molecule has 0 aliphatic rings. The van der Waals surface area contributed by atoms with E-state index in [1.165, 1.54) is 0 Å². The van der Waals surface area contributed by atoms with Crippen LogP contribution >= 0.6 is 0 Å². The smallest absolute Gasteiger partial charge is 0.305 e. The molecule has 1 unspecified atom stereocenters. The first-order valence-corrected chi connectivity index (χ1v) is 7.36. The van der Waals surface area contributed by atoms with Crippen LogP contribution in [0.2, 0.25) is 0 Å². The standard InChI is InChI=1S/C15H25N3O3/c1-6-18-13(7-12(17-18)10(4)5)15(21)16-11(9(2)3)8-14(19)20/h7,9-11H,6,8H2,1-5H3,(H,16,21)(H,19,20). The summed E-state index contributed by atoms with van der Waals surface area (Å²) in [6, 6.07) is 1.39. The molecule has 1 aromatic heterocycles. The fourth-order valence-electron chi connectivity index (χ4n) is 2.03. The minimum Gasteiger partial charge on any atom is -0.481 e. The highest BCUT2D eigenvalue weighted by Crippen LogP contribution is 2.15. The maximum atomic E-state index is 12.4. The van der Waals surface area contributed by atoms with Crippen LogP contribution in [0, 0.1) is 5.92 Å². The normalized spacial score (nSPS) is 12.7. The zero-order valence-corrected chi connectivity index (χ0v) is 13.4. The van der Waals surface area contributed by atoms with Gasteiger partial charge in [-0.25, -0.2) is 0 Å². The Balaban J connectivity index is 2.94. The predicted octanol–water partition coefficient (Wildman–Crippen LogP) is 2.26. The number of rotatable bonds is 7. The van der Waals surface area contributed by atoms with E-state index < -0.39 is 12.0 Å². The summed E-state index contributed by atoms with van der Waals surface area (Å²) in [7, 11) is 0. The van der Waals surface area contributed by atoms with Gasteiger partial charge in [-0.2, -0.15) is 5.10 Å². The van der Waals surface area contributed by atoms with E-state index in [9.17, 15) is 9.59 Å². The maximum Gasteiger partial charge on any atom is 0.305 e. The lowest BCUT2D eigenvalue weighted by molar-refractivity contribution is -0.137. The zero-order chi connectivity index (χ0) is 16.2. The summed E-state index contributed by atoms with van der Waals surface area (Å²) in [5.74, 6) is -0.894. The number of hydrogen-bond acceptors (Lipinski definition) is 3. The highest BCUT2D eigenvalue weighted by atomic mass is 16.4. The van der Waals surface area contributed by atoms with Gasteiger partial charge in [0.25, 0.3) is 5.91 Å². The molecule has 0 aromatic carbocycles. The van der Waals surface area contributed by atoms with E-state index in [1.807, 2.05) is 34.6 Å². The fraction of sp³-hybridized carbons (Fsp3) is 0.667. The quantitative estimate of drug-likeness (QED) is 0.808. The molecular weight excluding hydrogens is 270 g/mol. The molecule has 0 spiro atoms. The number of nitrogens with zero attached hydrogens (tertiary/aromatic N) is 2. The lowest BCUT2D eigenvalue weighted by Gasteiger charge is -2.20. The van der Waals surface area contributed by atoms with Gasteiger partial charge in [-0.15, -0.1) is 0 Å². The zero-order valence-electron chi connectivity index (χ0n) is 13.4. The number of nitrogens with one attached hydrogen (secondary N) is 1. The Kier molecular flexibility index (Phi) is 5.93. The van der Waals surface area contributed by atoms with E-state index in [0.29, 0.717) is 12.2 Å². The van der Waals surface area contributed by atoms with Crippen LogP contribution in [-0.2, 0) is 11.3 Å². The molecule has 0 aliphatic carbocycles. The third-order valence-electron chi connectivity index (χ3n) is 3.44. The second-order valence-electron chi connectivity index (χ2n) is 5.85. The topological polar surface area (TPSA) is 84.2 Å². The second-order valence-corrected chi connectivity index (χ2v) is 5.85. The molecule has 0 saturated heterocycles. The van der Waals surface area contributed by atoms with Crippen LogP contribution in [0.5, 0.6) is 0 Å². The van der Waals surface area contributed by atoms with Crippen LogP contribution in [-0.4, -0.2) is 32.8 Å². The number of aromatic nitrogens is 2. The van der Waals surface area contributed by atoms with Crippen molar-refractivity contribution in [3.63, 3.8) is 0 Å². The van der Waals surface area contributed by atoms with Crippen molar-refractivity contribution in [2.75, 3.05) is 0 Å². The van der Waals surface area contributed by atoms with Crippen LogP contribution in [0.4, 0.5) is 0 Å². The Morgan fingerprint density at radius 2 is 1.95 bits per heavy atom. The summed E-state index contributed by atoms with van der Waals surface area (Å²) in [5, 5.41) is 16.1. The minimum absolute atomic E-state index is 0.0487. The molecule has 1 rings (SSSR count). The highest BCUT2D eigenvalue weighted by molar-refractivity contribution is 5.93. The molecule has 1 aromatic rings. The Morgan fingerprint density at radius 1 is 1.33 bits per heavy atom. The number of carbonyl (C=O) groups excluding carboxylic acids is 1. The minimum atomic E-state index is -0.916.